The van der Waals surface area contributed by atoms with Gasteiger partial charge < -0.3 is 56.8 Å². The van der Waals surface area contributed by atoms with E-state index in [0.29, 0.717) is 132 Å². The van der Waals surface area contributed by atoms with Crippen LogP contribution in [-0.4, -0.2) is 170 Å². The van der Waals surface area contributed by atoms with E-state index in [1.54, 1.807) is 7.11 Å². The Kier molecular flexibility index (Phi) is 43.5. The molecule has 354 valence electrons. The lowest BCUT2D eigenvalue weighted by molar-refractivity contribution is -0.0575. The van der Waals surface area contributed by atoms with E-state index in [9.17, 15) is 0 Å². The number of ether oxygens (including phenoxy) is 12. The fraction of sp³-hybridized carbons (Fsp3) is 1.00. The highest BCUT2D eigenvalue weighted by atomic mass is 33.1. The lowest BCUT2D eigenvalue weighted by Crippen LogP contribution is -2.37. The Morgan fingerprint density at radius 3 is 0.932 bits per heavy atom. The van der Waals surface area contributed by atoms with E-state index in [1.807, 2.05) is 21.6 Å². The SMILES string of the molecule is CO[C@@H]1CSSC[C@H]1OCCOCCOCCOCCOCCOCCOCCOCCOCCOCCOCCC(C)CCC[C@H](C)CCC[C@H](C)CCCC(C)C. The van der Waals surface area contributed by atoms with Crippen LogP contribution in [0.15, 0.2) is 0 Å². The van der Waals surface area contributed by atoms with Crippen LogP contribution in [0.3, 0.4) is 0 Å². The van der Waals surface area contributed by atoms with Crippen molar-refractivity contribution in [3.05, 3.63) is 0 Å². The smallest absolute Gasteiger partial charge is 0.0944 e. The Bertz CT molecular complexity index is 836. The molecule has 1 unspecified atom stereocenters. The van der Waals surface area contributed by atoms with Gasteiger partial charge in [0.2, 0.25) is 0 Å². The van der Waals surface area contributed by atoms with Crippen LogP contribution in [-0.2, 0) is 56.8 Å². The second-order valence-electron chi connectivity index (χ2n) is 16.2. The number of hydrogen-bond donors (Lipinski definition) is 0. The number of hydrogen-bond acceptors (Lipinski definition) is 14. The molecular weight excluding hydrogens is 797 g/mol. The van der Waals surface area contributed by atoms with Crippen molar-refractivity contribution >= 4 is 21.6 Å². The lowest BCUT2D eigenvalue weighted by Gasteiger charge is -2.29. The molecule has 0 aliphatic carbocycles. The monoisotopic (exact) mass is 887 g/mol. The van der Waals surface area contributed by atoms with Crippen molar-refractivity contribution in [2.45, 2.75) is 111 Å². The quantitative estimate of drug-likeness (QED) is 0.0431. The van der Waals surface area contributed by atoms with Gasteiger partial charge in [0.15, 0.2) is 0 Å². The molecule has 12 nitrogen and oxygen atoms in total. The summed E-state index contributed by atoms with van der Waals surface area (Å²) >= 11 is 0. The van der Waals surface area contributed by atoms with Crippen LogP contribution in [0, 0.1) is 23.7 Å². The molecule has 1 fully saturated rings. The first-order valence-electron chi connectivity index (χ1n) is 23.1. The summed E-state index contributed by atoms with van der Waals surface area (Å²) in [7, 11) is 5.41. The fourth-order valence-electron chi connectivity index (χ4n) is 6.38. The maximum Gasteiger partial charge on any atom is 0.0944 e. The van der Waals surface area contributed by atoms with Gasteiger partial charge in [0.25, 0.3) is 0 Å². The van der Waals surface area contributed by atoms with E-state index in [4.69, 9.17) is 56.8 Å². The molecule has 5 atom stereocenters. The molecule has 1 rings (SSSR count). The van der Waals surface area contributed by atoms with Gasteiger partial charge in [-0.05, 0) is 30.1 Å². The van der Waals surface area contributed by atoms with E-state index in [1.165, 1.54) is 57.8 Å². The molecular formula is C45H90O12S2. The number of methoxy groups -OCH3 is 1. The maximum atomic E-state index is 5.89. The van der Waals surface area contributed by atoms with Crippen molar-refractivity contribution in [2.24, 2.45) is 23.7 Å². The van der Waals surface area contributed by atoms with Gasteiger partial charge in [-0.1, -0.05) is 114 Å². The highest BCUT2D eigenvalue weighted by molar-refractivity contribution is 8.76. The highest BCUT2D eigenvalue weighted by Gasteiger charge is 2.26. The molecule has 0 spiro atoms. The maximum absolute atomic E-state index is 5.89. The Morgan fingerprint density at radius 2 is 0.610 bits per heavy atom. The molecule has 0 bridgehead atoms. The third-order valence-electron chi connectivity index (χ3n) is 10.2. The van der Waals surface area contributed by atoms with Crippen LogP contribution in [0.5, 0.6) is 0 Å². The third kappa shape index (κ3) is 40.7. The van der Waals surface area contributed by atoms with Gasteiger partial charge in [0.1, 0.15) is 0 Å². The summed E-state index contributed by atoms with van der Waals surface area (Å²) in [6, 6.07) is 0. The Balaban J connectivity index is 1.68. The molecule has 0 saturated carbocycles. The van der Waals surface area contributed by atoms with E-state index in [2.05, 4.69) is 34.6 Å². The fourth-order valence-corrected chi connectivity index (χ4v) is 8.89. The summed E-state index contributed by atoms with van der Waals surface area (Å²) in [4.78, 5) is 0. The van der Waals surface area contributed by atoms with Gasteiger partial charge >= 0.3 is 0 Å². The average molecular weight is 887 g/mol. The topological polar surface area (TPSA) is 111 Å². The predicted molar refractivity (Wildman–Crippen MR) is 242 cm³/mol. The highest BCUT2D eigenvalue weighted by Crippen LogP contribution is 2.32. The van der Waals surface area contributed by atoms with Crippen molar-refractivity contribution in [1.82, 2.24) is 0 Å². The molecule has 0 aromatic carbocycles. The molecule has 59 heavy (non-hydrogen) atoms. The van der Waals surface area contributed by atoms with Crippen LogP contribution in [0.25, 0.3) is 0 Å². The van der Waals surface area contributed by atoms with Gasteiger partial charge in [-0.15, -0.1) is 0 Å². The Labute approximate surface area is 369 Å². The summed E-state index contributed by atoms with van der Waals surface area (Å²) in [5.41, 5.74) is 0. The zero-order valence-electron chi connectivity index (χ0n) is 38.5. The van der Waals surface area contributed by atoms with Crippen LogP contribution < -0.4 is 0 Å². The molecule has 0 aromatic heterocycles. The predicted octanol–water partition coefficient (Wildman–Crippen LogP) is 8.41. The molecule has 14 heteroatoms. The lowest BCUT2D eigenvalue weighted by atomic mass is 9.91. The molecule has 1 heterocycles. The molecule has 0 aromatic rings. The second-order valence-corrected chi connectivity index (χ2v) is 18.7. The Hall–Kier alpha value is 0.220. The second kappa shape index (κ2) is 44.8. The standard InChI is InChI=1S/C45H90O12S2/c1-40(2)10-7-11-41(3)12-8-13-42(4)14-9-15-43(5)16-17-47-18-19-48-20-21-49-22-23-50-24-25-51-26-27-52-28-29-53-30-31-54-32-33-55-34-35-56-36-37-57-45-39-59-58-38-44(45)46-6/h40-45H,7-39H2,1-6H3/t41-,42-,43?,44-,45-/m1/s1. The van der Waals surface area contributed by atoms with Gasteiger partial charge in [-0.25, -0.2) is 0 Å². The van der Waals surface area contributed by atoms with Crippen molar-refractivity contribution < 1.29 is 56.8 Å². The van der Waals surface area contributed by atoms with Crippen molar-refractivity contribution in [2.75, 3.05) is 157 Å². The molecule has 1 aliphatic rings. The number of rotatable bonds is 47. The minimum absolute atomic E-state index is 0.138. The van der Waals surface area contributed by atoms with E-state index >= 15 is 0 Å². The molecule has 1 saturated heterocycles. The van der Waals surface area contributed by atoms with Crippen LogP contribution in [0.4, 0.5) is 0 Å². The summed E-state index contributed by atoms with van der Waals surface area (Å²) in [6.07, 6.45) is 13.8. The van der Waals surface area contributed by atoms with Crippen LogP contribution >= 0.6 is 21.6 Å². The Morgan fingerprint density at radius 1 is 0.339 bits per heavy atom. The summed E-state index contributed by atoms with van der Waals surface area (Å²) in [5, 5.41) is 0. The zero-order valence-corrected chi connectivity index (χ0v) is 40.1. The summed E-state index contributed by atoms with van der Waals surface area (Å²) < 4.78 is 67.2. The summed E-state index contributed by atoms with van der Waals surface area (Å²) in [5.74, 6) is 5.21. The van der Waals surface area contributed by atoms with Gasteiger partial charge in [0, 0.05) is 25.2 Å². The normalized spacial score (nSPS) is 17.5. The molecule has 1 aliphatic heterocycles. The zero-order chi connectivity index (χ0) is 42.7. The van der Waals surface area contributed by atoms with E-state index in [0.717, 1.165) is 48.2 Å². The van der Waals surface area contributed by atoms with Crippen LogP contribution in [0.2, 0.25) is 0 Å². The van der Waals surface area contributed by atoms with E-state index in [-0.39, 0.29) is 12.2 Å². The average Bonchev–Trinajstić information content (AvgIpc) is 3.22. The van der Waals surface area contributed by atoms with E-state index < -0.39 is 0 Å². The summed E-state index contributed by atoms with van der Waals surface area (Å²) in [6.45, 7) is 23.6. The van der Waals surface area contributed by atoms with Gasteiger partial charge in [-0.3, -0.25) is 0 Å². The molecule has 0 radical (unpaired) electrons. The third-order valence-corrected chi connectivity index (χ3v) is 12.6. The largest absolute Gasteiger partial charge is 0.379 e. The molecule has 0 N–H and O–H groups in total. The first-order chi connectivity index (χ1) is 28.9. The first-order valence-corrected chi connectivity index (χ1v) is 25.6. The van der Waals surface area contributed by atoms with Crippen molar-refractivity contribution in [1.29, 1.82) is 0 Å². The first kappa shape index (κ1) is 57.2. The minimum atomic E-state index is 0.138. The minimum Gasteiger partial charge on any atom is -0.379 e. The van der Waals surface area contributed by atoms with Gasteiger partial charge in [0.05, 0.1) is 144 Å². The van der Waals surface area contributed by atoms with Crippen molar-refractivity contribution in [3.8, 4) is 0 Å². The van der Waals surface area contributed by atoms with Crippen molar-refractivity contribution in [3.63, 3.8) is 0 Å². The van der Waals surface area contributed by atoms with Gasteiger partial charge in [-0.2, -0.15) is 0 Å². The van der Waals surface area contributed by atoms with Crippen LogP contribution in [0.1, 0.15) is 98.8 Å². The molecule has 0 amide bonds.